The van der Waals surface area contributed by atoms with Gasteiger partial charge in [-0.2, -0.15) is 4.31 Å². The van der Waals surface area contributed by atoms with Crippen LogP contribution >= 0.6 is 11.6 Å². The van der Waals surface area contributed by atoms with Crippen molar-refractivity contribution in [3.05, 3.63) is 64.7 Å². The van der Waals surface area contributed by atoms with E-state index in [1.165, 1.54) is 5.56 Å². The zero-order chi connectivity index (χ0) is 15.7. The monoisotopic (exact) mass is 335 g/mol. The smallest absolute Gasteiger partial charge is 0.207 e. The predicted molar refractivity (Wildman–Crippen MR) is 88.7 cm³/mol. The number of nitrogens with zero attached hydrogens (tertiary/aromatic N) is 1. The second-order valence-electron chi connectivity index (χ2n) is 5.67. The first-order chi connectivity index (χ1) is 10.5. The highest BCUT2D eigenvalue weighted by molar-refractivity contribution is 7.89. The molecule has 1 unspecified atom stereocenters. The normalized spacial score (nSPS) is 19.5. The largest absolute Gasteiger partial charge is 0.243 e. The average molecular weight is 336 g/mol. The maximum absolute atomic E-state index is 12.9. The zero-order valence-corrected chi connectivity index (χ0v) is 13.9. The van der Waals surface area contributed by atoms with Gasteiger partial charge in [-0.15, -0.1) is 0 Å². The Morgan fingerprint density at radius 2 is 1.86 bits per heavy atom. The van der Waals surface area contributed by atoms with E-state index in [2.05, 4.69) is 12.1 Å². The summed E-state index contributed by atoms with van der Waals surface area (Å²) in [6, 6.07) is 15.1. The van der Waals surface area contributed by atoms with Gasteiger partial charge in [0.2, 0.25) is 10.0 Å². The van der Waals surface area contributed by atoms with E-state index in [1.807, 2.05) is 18.2 Å². The number of hydrogen-bond acceptors (Lipinski definition) is 2. The third kappa shape index (κ3) is 2.91. The Balaban J connectivity index is 1.87. The first kappa shape index (κ1) is 15.5. The van der Waals surface area contributed by atoms with E-state index in [4.69, 9.17) is 11.6 Å². The molecule has 0 saturated carbocycles. The first-order valence-corrected chi connectivity index (χ1v) is 9.11. The van der Waals surface area contributed by atoms with Crippen molar-refractivity contribution < 1.29 is 8.42 Å². The fraction of sp³-hybridized carbons (Fsp3) is 0.294. The minimum atomic E-state index is -3.48. The third-order valence-electron chi connectivity index (χ3n) is 4.19. The molecule has 0 bridgehead atoms. The molecule has 22 heavy (non-hydrogen) atoms. The molecule has 5 heteroatoms. The molecule has 0 aliphatic carbocycles. The second-order valence-corrected chi connectivity index (χ2v) is 8.01. The maximum atomic E-state index is 12.9. The molecule has 2 aromatic rings. The van der Waals surface area contributed by atoms with Crippen molar-refractivity contribution in [3.63, 3.8) is 0 Å². The Labute approximate surface area is 136 Å². The Kier molecular flexibility index (Phi) is 4.26. The molecular weight excluding hydrogens is 318 g/mol. The molecule has 0 radical (unpaired) electrons. The minimum Gasteiger partial charge on any atom is -0.207 e. The van der Waals surface area contributed by atoms with E-state index < -0.39 is 10.0 Å². The predicted octanol–water partition coefficient (Wildman–Crippen LogP) is 3.83. The Morgan fingerprint density at radius 1 is 1.14 bits per heavy atom. The molecule has 0 N–H and O–H groups in total. The lowest BCUT2D eigenvalue weighted by Gasteiger charge is -2.18. The van der Waals surface area contributed by atoms with E-state index in [1.54, 1.807) is 29.4 Å². The fourth-order valence-corrected chi connectivity index (χ4v) is 4.92. The summed E-state index contributed by atoms with van der Waals surface area (Å²) in [7, 11) is -3.48. The van der Waals surface area contributed by atoms with Gasteiger partial charge in [-0.1, -0.05) is 48.0 Å². The molecule has 0 aromatic heterocycles. The van der Waals surface area contributed by atoms with Gasteiger partial charge in [0.25, 0.3) is 0 Å². The standard InChI is InChI=1S/C17H18ClNO2S/c1-13-7-8-16(18)11-17(13)22(20,21)19-10-9-15(12-19)14-5-3-2-4-6-14/h2-8,11,15H,9-10,12H2,1H3. The zero-order valence-electron chi connectivity index (χ0n) is 12.4. The van der Waals surface area contributed by atoms with Crippen LogP contribution in [0.4, 0.5) is 0 Å². The molecule has 1 fully saturated rings. The number of halogens is 1. The van der Waals surface area contributed by atoms with Gasteiger partial charge < -0.3 is 0 Å². The highest BCUT2D eigenvalue weighted by atomic mass is 35.5. The van der Waals surface area contributed by atoms with Crippen molar-refractivity contribution in [1.82, 2.24) is 4.31 Å². The molecule has 3 nitrogen and oxygen atoms in total. The highest BCUT2D eigenvalue weighted by Crippen LogP contribution is 2.32. The summed E-state index contributed by atoms with van der Waals surface area (Å²) in [5, 5.41) is 0.447. The number of rotatable bonds is 3. The molecule has 0 amide bonds. The van der Waals surface area contributed by atoms with Crippen molar-refractivity contribution in [2.45, 2.75) is 24.2 Å². The number of hydrogen-bond donors (Lipinski definition) is 0. The fourth-order valence-electron chi connectivity index (χ4n) is 2.93. The Hall–Kier alpha value is -1.36. The molecule has 116 valence electrons. The topological polar surface area (TPSA) is 37.4 Å². The lowest BCUT2D eigenvalue weighted by atomic mass is 9.99. The molecule has 1 heterocycles. The van der Waals surface area contributed by atoms with Gasteiger partial charge in [0.1, 0.15) is 0 Å². The highest BCUT2D eigenvalue weighted by Gasteiger charge is 2.33. The number of benzene rings is 2. The van der Waals surface area contributed by atoms with E-state index >= 15 is 0 Å². The Morgan fingerprint density at radius 3 is 2.59 bits per heavy atom. The molecule has 0 spiro atoms. The van der Waals surface area contributed by atoms with Crippen molar-refractivity contribution in [1.29, 1.82) is 0 Å². The van der Waals surface area contributed by atoms with Gasteiger partial charge in [0, 0.05) is 18.1 Å². The minimum absolute atomic E-state index is 0.260. The van der Waals surface area contributed by atoms with E-state index in [9.17, 15) is 8.42 Å². The lowest BCUT2D eigenvalue weighted by molar-refractivity contribution is 0.472. The molecule has 2 aromatic carbocycles. The van der Waals surface area contributed by atoms with Crippen molar-refractivity contribution in [2.24, 2.45) is 0 Å². The molecule has 1 atom stereocenters. The van der Waals surface area contributed by atoms with Crippen LogP contribution in [0, 0.1) is 6.92 Å². The molecule has 3 rings (SSSR count). The van der Waals surface area contributed by atoms with Gasteiger partial charge in [-0.3, -0.25) is 0 Å². The second kappa shape index (κ2) is 6.03. The van der Waals surface area contributed by atoms with Crippen LogP contribution < -0.4 is 0 Å². The van der Waals surface area contributed by atoms with Gasteiger partial charge in [-0.05, 0) is 42.5 Å². The molecule has 1 aliphatic rings. The van der Waals surface area contributed by atoms with Crippen LogP contribution in [0.5, 0.6) is 0 Å². The van der Waals surface area contributed by atoms with Gasteiger partial charge in [-0.25, -0.2) is 8.42 Å². The van der Waals surface area contributed by atoms with Crippen LogP contribution in [0.1, 0.15) is 23.5 Å². The van der Waals surface area contributed by atoms with Gasteiger partial charge >= 0.3 is 0 Å². The third-order valence-corrected chi connectivity index (χ3v) is 6.43. The van der Waals surface area contributed by atoms with E-state index in [0.717, 1.165) is 12.0 Å². The summed E-state index contributed by atoms with van der Waals surface area (Å²) in [5.41, 5.74) is 1.93. The molecule has 1 aliphatic heterocycles. The lowest BCUT2D eigenvalue weighted by Crippen LogP contribution is -2.29. The SMILES string of the molecule is Cc1ccc(Cl)cc1S(=O)(=O)N1CCC(c2ccccc2)C1. The number of sulfonamides is 1. The summed E-state index contributed by atoms with van der Waals surface area (Å²) in [5.74, 6) is 0.260. The van der Waals surface area contributed by atoms with Crippen LogP contribution in [0.25, 0.3) is 0 Å². The summed E-state index contributed by atoms with van der Waals surface area (Å²) in [6.45, 7) is 2.88. The van der Waals surface area contributed by atoms with E-state index in [-0.39, 0.29) is 5.92 Å². The average Bonchev–Trinajstić information content (AvgIpc) is 3.01. The Bertz CT molecular complexity index is 775. The van der Waals surface area contributed by atoms with Gasteiger partial charge in [0.05, 0.1) is 4.90 Å². The van der Waals surface area contributed by atoms with Crippen LogP contribution in [0.2, 0.25) is 5.02 Å². The van der Waals surface area contributed by atoms with Crippen LogP contribution in [-0.4, -0.2) is 25.8 Å². The van der Waals surface area contributed by atoms with Crippen molar-refractivity contribution in [2.75, 3.05) is 13.1 Å². The van der Waals surface area contributed by atoms with Crippen molar-refractivity contribution >= 4 is 21.6 Å². The van der Waals surface area contributed by atoms with Crippen LogP contribution in [0.15, 0.2) is 53.4 Å². The summed E-state index contributed by atoms with van der Waals surface area (Å²) < 4.78 is 27.3. The van der Waals surface area contributed by atoms with E-state index in [0.29, 0.717) is 23.0 Å². The molecular formula is C17H18ClNO2S. The summed E-state index contributed by atoms with van der Waals surface area (Å²) in [4.78, 5) is 0.314. The quantitative estimate of drug-likeness (QED) is 0.855. The maximum Gasteiger partial charge on any atom is 0.243 e. The first-order valence-electron chi connectivity index (χ1n) is 7.30. The van der Waals surface area contributed by atoms with Gasteiger partial charge in [0.15, 0.2) is 0 Å². The van der Waals surface area contributed by atoms with Crippen LogP contribution in [0.3, 0.4) is 0 Å². The van der Waals surface area contributed by atoms with Crippen LogP contribution in [-0.2, 0) is 10.0 Å². The number of aryl methyl sites for hydroxylation is 1. The summed E-state index contributed by atoms with van der Waals surface area (Å²) in [6.07, 6.45) is 0.850. The summed E-state index contributed by atoms with van der Waals surface area (Å²) >= 11 is 5.97. The molecule has 1 saturated heterocycles. The van der Waals surface area contributed by atoms with Crippen molar-refractivity contribution in [3.8, 4) is 0 Å².